The molecule has 1 saturated carbocycles. The van der Waals surface area contributed by atoms with E-state index >= 15 is 0 Å². The highest BCUT2D eigenvalue weighted by molar-refractivity contribution is 5.68. The largest absolute Gasteiger partial charge is 0.444 e. The molecule has 1 saturated heterocycles. The van der Waals surface area contributed by atoms with Gasteiger partial charge in [-0.15, -0.1) is 0 Å². The normalized spacial score (nSPS) is 22.1. The summed E-state index contributed by atoms with van der Waals surface area (Å²) >= 11 is 0. The average molecular weight is 254 g/mol. The Morgan fingerprint density at radius 3 is 2.33 bits per heavy atom. The lowest BCUT2D eigenvalue weighted by molar-refractivity contribution is 0.0184. The van der Waals surface area contributed by atoms with Crippen molar-refractivity contribution in [2.24, 2.45) is 5.92 Å². The summed E-state index contributed by atoms with van der Waals surface area (Å²) in [5.74, 6) is 0.726. The summed E-state index contributed by atoms with van der Waals surface area (Å²) < 4.78 is 5.39. The van der Waals surface area contributed by atoms with Gasteiger partial charge in [0.2, 0.25) is 0 Å². The van der Waals surface area contributed by atoms with Gasteiger partial charge in [-0.3, -0.25) is 0 Å². The Morgan fingerprint density at radius 2 is 1.83 bits per heavy atom. The number of hydrogen-bond acceptors (Lipinski definition) is 3. The fraction of sp³-hybridized carbons (Fsp3) is 0.929. The SMILES string of the molecule is CC(C)(C)OC(=O)N1CCC(CNC2CC2)CC1. The zero-order valence-electron chi connectivity index (χ0n) is 11.9. The van der Waals surface area contributed by atoms with Gasteiger partial charge in [0.1, 0.15) is 5.60 Å². The molecule has 2 fully saturated rings. The van der Waals surface area contributed by atoms with Gasteiger partial charge in [0.25, 0.3) is 0 Å². The molecule has 0 atom stereocenters. The molecule has 2 rings (SSSR count). The molecule has 0 aromatic heterocycles. The molecule has 2 aliphatic rings. The van der Waals surface area contributed by atoms with E-state index in [9.17, 15) is 4.79 Å². The molecule has 1 N–H and O–H groups in total. The Balaban J connectivity index is 1.67. The number of ether oxygens (including phenoxy) is 1. The van der Waals surface area contributed by atoms with Crippen LogP contribution < -0.4 is 5.32 Å². The van der Waals surface area contributed by atoms with Gasteiger partial charge in [-0.25, -0.2) is 4.79 Å². The van der Waals surface area contributed by atoms with Crippen molar-refractivity contribution < 1.29 is 9.53 Å². The molecule has 0 aromatic rings. The molecule has 0 aromatic carbocycles. The van der Waals surface area contributed by atoms with E-state index in [1.165, 1.54) is 12.8 Å². The number of carbonyl (C=O) groups is 1. The van der Waals surface area contributed by atoms with Crippen molar-refractivity contribution in [3.05, 3.63) is 0 Å². The molecule has 1 aliphatic heterocycles. The molecule has 0 radical (unpaired) electrons. The number of nitrogens with zero attached hydrogens (tertiary/aromatic N) is 1. The van der Waals surface area contributed by atoms with Gasteiger partial charge < -0.3 is 15.0 Å². The lowest BCUT2D eigenvalue weighted by Crippen LogP contribution is -2.43. The van der Waals surface area contributed by atoms with Crippen molar-refractivity contribution in [3.63, 3.8) is 0 Å². The summed E-state index contributed by atoms with van der Waals surface area (Å²) in [6.45, 7) is 8.54. The highest BCUT2D eigenvalue weighted by atomic mass is 16.6. The minimum Gasteiger partial charge on any atom is -0.444 e. The third-order valence-electron chi connectivity index (χ3n) is 3.54. The minimum absolute atomic E-state index is 0.156. The van der Waals surface area contributed by atoms with E-state index < -0.39 is 0 Å². The van der Waals surface area contributed by atoms with Crippen LogP contribution >= 0.6 is 0 Å². The van der Waals surface area contributed by atoms with Crippen LogP contribution in [0, 0.1) is 5.92 Å². The lowest BCUT2D eigenvalue weighted by Gasteiger charge is -2.33. The van der Waals surface area contributed by atoms with E-state index in [-0.39, 0.29) is 11.7 Å². The summed E-state index contributed by atoms with van der Waals surface area (Å²) in [7, 11) is 0. The highest BCUT2D eigenvalue weighted by Crippen LogP contribution is 2.22. The zero-order valence-corrected chi connectivity index (χ0v) is 11.9. The number of hydrogen-bond donors (Lipinski definition) is 1. The third-order valence-corrected chi connectivity index (χ3v) is 3.54. The molecule has 0 unspecified atom stereocenters. The quantitative estimate of drug-likeness (QED) is 0.841. The summed E-state index contributed by atoms with van der Waals surface area (Å²) in [4.78, 5) is 13.7. The number of carbonyl (C=O) groups excluding carboxylic acids is 1. The monoisotopic (exact) mass is 254 g/mol. The smallest absolute Gasteiger partial charge is 0.410 e. The first-order valence-electron chi connectivity index (χ1n) is 7.15. The number of nitrogens with one attached hydrogen (secondary N) is 1. The standard InChI is InChI=1S/C14H26N2O2/c1-14(2,3)18-13(17)16-8-6-11(7-9-16)10-15-12-4-5-12/h11-12,15H,4-10H2,1-3H3. The van der Waals surface area contributed by atoms with Gasteiger partial charge in [0, 0.05) is 19.1 Å². The lowest BCUT2D eigenvalue weighted by atomic mass is 9.97. The van der Waals surface area contributed by atoms with Crippen molar-refractivity contribution in [3.8, 4) is 0 Å². The second-order valence-corrected chi connectivity index (χ2v) is 6.59. The molecule has 4 nitrogen and oxygen atoms in total. The Labute approximate surface area is 110 Å². The van der Waals surface area contributed by atoms with Crippen LogP contribution in [-0.2, 0) is 4.74 Å². The predicted octanol–water partition coefficient (Wildman–Crippen LogP) is 2.39. The van der Waals surface area contributed by atoms with E-state index in [0.717, 1.165) is 44.4 Å². The van der Waals surface area contributed by atoms with Gasteiger partial charge in [-0.05, 0) is 58.9 Å². The Bertz CT molecular complexity index is 287. The second kappa shape index (κ2) is 5.47. The van der Waals surface area contributed by atoms with E-state index in [0.29, 0.717) is 0 Å². The first-order chi connectivity index (χ1) is 8.44. The van der Waals surface area contributed by atoms with Crippen LogP contribution in [0.15, 0.2) is 0 Å². The fourth-order valence-electron chi connectivity index (χ4n) is 2.27. The maximum Gasteiger partial charge on any atom is 0.410 e. The molecule has 1 amide bonds. The van der Waals surface area contributed by atoms with Crippen LogP contribution in [0.3, 0.4) is 0 Å². The molecule has 0 spiro atoms. The average Bonchev–Trinajstić information content (AvgIpc) is 3.08. The van der Waals surface area contributed by atoms with Crippen LogP contribution in [0.1, 0.15) is 46.5 Å². The van der Waals surface area contributed by atoms with Crippen molar-refractivity contribution in [2.75, 3.05) is 19.6 Å². The third kappa shape index (κ3) is 4.48. The van der Waals surface area contributed by atoms with Gasteiger partial charge >= 0.3 is 6.09 Å². The van der Waals surface area contributed by atoms with Crippen LogP contribution in [0.2, 0.25) is 0 Å². The maximum atomic E-state index is 11.9. The molecule has 4 heteroatoms. The summed E-state index contributed by atoms with van der Waals surface area (Å²) in [5, 5.41) is 3.57. The van der Waals surface area contributed by atoms with Gasteiger partial charge in [-0.2, -0.15) is 0 Å². The summed E-state index contributed by atoms with van der Waals surface area (Å²) in [6, 6.07) is 0.786. The summed E-state index contributed by atoms with van der Waals surface area (Å²) in [6.07, 6.45) is 4.72. The van der Waals surface area contributed by atoms with Crippen LogP contribution in [0.5, 0.6) is 0 Å². The molecular formula is C14H26N2O2. The Hall–Kier alpha value is -0.770. The molecule has 1 heterocycles. The van der Waals surface area contributed by atoms with E-state index in [1.807, 2.05) is 25.7 Å². The molecule has 1 aliphatic carbocycles. The number of rotatable bonds is 3. The Kier molecular flexibility index (Phi) is 4.15. The Morgan fingerprint density at radius 1 is 1.22 bits per heavy atom. The second-order valence-electron chi connectivity index (χ2n) is 6.59. The predicted molar refractivity (Wildman–Crippen MR) is 71.6 cm³/mol. The first kappa shape index (κ1) is 13.7. The van der Waals surface area contributed by atoms with Gasteiger partial charge in [0.05, 0.1) is 0 Å². The highest BCUT2D eigenvalue weighted by Gasteiger charge is 2.28. The number of likely N-dealkylation sites (tertiary alicyclic amines) is 1. The minimum atomic E-state index is -0.387. The van der Waals surface area contributed by atoms with E-state index in [2.05, 4.69) is 5.32 Å². The van der Waals surface area contributed by atoms with E-state index in [4.69, 9.17) is 4.74 Å². The number of amides is 1. The first-order valence-corrected chi connectivity index (χ1v) is 7.15. The topological polar surface area (TPSA) is 41.6 Å². The van der Waals surface area contributed by atoms with Crippen molar-refractivity contribution in [1.82, 2.24) is 10.2 Å². The zero-order chi connectivity index (χ0) is 13.2. The van der Waals surface area contributed by atoms with E-state index in [1.54, 1.807) is 0 Å². The molecular weight excluding hydrogens is 228 g/mol. The molecule has 0 bridgehead atoms. The maximum absolute atomic E-state index is 11.9. The van der Waals surface area contributed by atoms with Crippen LogP contribution in [-0.4, -0.2) is 42.3 Å². The van der Waals surface area contributed by atoms with Crippen molar-refractivity contribution in [1.29, 1.82) is 0 Å². The number of piperidine rings is 1. The molecule has 104 valence electrons. The summed E-state index contributed by atoms with van der Waals surface area (Å²) in [5.41, 5.74) is -0.387. The van der Waals surface area contributed by atoms with Crippen molar-refractivity contribution in [2.45, 2.75) is 58.1 Å². The van der Waals surface area contributed by atoms with Gasteiger partial charge in [-0.1, -0.05) is 0 Å². The molecule has 18 heavy (non-hydrogen) atoms. The fourth-order valence-corrected chi connectivity index (χ4v) is 2.27. The van der Waals surface area contributed by atoms with Gasteiger partial charge in [0.15, 0.2) is 0 Å². The van der Waals surface area contributed by atoms with Crippen LogP contribution in [0.25, 0.3) is 0 Å². The van der Waals surface area contributed by atoms with Crippen LogP contribution in [0.4, 0.5) is 4.79 Å². The van der Waals surface area contributed by atoms with Crippen molar-refractivity contribution >= 4 is 6.09 Å².